The Labute approximate surface area is 216 Å². The molecule has 0 radical (unpaired) electrons. The molecule has 37 heavy (non-hydrogen) atoms. The average Bonchev–Trinajstić information content (AvgIpc) is 3.43. The number of hydrogen-bond acceptors (Lipinski definition) is 5. The van der Waals surface area contributed by atoms with Crippen molar-refractivity contribution < 1.29 is 14.3 Å². The van der Waals surface area contributed by atoms with Gasteiger partial charge in [0.1, 0.15) is 5.84 Å². The van der Waals surface area contributed by atoms with E-state index in [0.29, 0.717) is 24.1 Å². The number of amidine groups is 1. The van der Waals surface area contributed by atoms with Crippen LogP contribution in [0.4, 0.5) is 0 Å². The molecule has 1 aliphatic carbocycles. The highest BCUT2D eigenvalue weighted by Crippen LogP contribution is 2.36. The summed E-state index contributed by atoms with van der Waals surface area (Å²) in [6.45, 7) is 3.40. The summed E-state index contributed by atoms with van der Waals surface area (Å²) in [6.07, 6.45) is 5.20. The van der Waals surface area contributed by atoms with E-state index in [1.807, 2.05) is 41.9 Å². The lowest BCUT2D eigenvalue weighted by Gasteiger charge is -2.30. The van der Waals surface area contributed by atoms with Gasteiger partial charge >= 0.3 is 0 Å². The number of fused-ring (bicyclic) bond motifs is 1. The van der Waals surface area contributed by atoms with Crippen molar-refractivity contribution in [3.8, 4) is 11.1 Å². The van der Waals surface area contributed by atoms with Gasteiger partial charge < -0.3 is 15.0 Å². The summed E-state index contributed by atoms with van der Waals surface area (Å²) in [5.41, 5.74) is 3.14. The lowest BCUT2D eigenvalue weighted by molar-refractivity contribution is -0.132. The number of aryl methyl sites for hydroxylation is 1. The molecule has 0 spiro atoms. The standard InChI is InChI=1S/C29H33N5O3/c1-29(25(37-3)14-18-12-13-34(17-18)27(35)21-8-9-21)28(36)31-26(32-29)20-6-4-19(5-7-20)22-10-11-24-23(15-22)16-30-33(24)2/h4-7,10-11,15-16,18,21,25H,8-9,12-14,17H2,1-3H3,(H,31,32,36)/t18-,25?,29?/m1/s1. The number of hydrogen-bond donors (Lipinski definition) is 1. The van der Waals surface area contributed by atoms with Gasteiger partial charge in [-0.25, -0.2) is 4.99 Å². The Balaban J connectivity index is 1.17. The predicted molar refractivity (Wildman–Crippen MR) is 142 cm³/mol. The second kappa shape index (κ2) is 9.10. The molecule has 6 rings (SSSR count). The van der Waals surface area contributed by atoms with Gasteiger partial charge in [-0.15, -0.1) is 0 Å². The van der Waals surface area contributed by atoms with Crippen LogP contribution in [0, 0.1) is 11.8 Å². The second-order valence-corrected chi connectivity index (χ2v) is 10.9. The largest absolute Gasteiger partial charge is 0.378 e. The van der Waals surface area contributed by atoms with Gasteiger partial charge in [0, 0.05) is 44.1 Å². The van der Waals surface area contributed by atoms with E-state index in [1.54, 1.807) is 7.11 Å². The van der Waals surface area contributed by atoms with E-state index in [2.05, 4.69) is 40.7 Å². The third-order valence-electron chi connectivity index (χ3n) is 8.26. The summed E-state index contributed by atoms with van der Waals surface area (Å²) >= 11 is 0. The van der Waals surface area contributed by atoms with E-state index in [-0.39, 0.29) is 17.9 Å². The SMILES string of the molecule is COC(C[C@H]1CCN(C(=O)C2CC2)C1)C1(C)N=C(c2ccc(-c3ccc4c(cnn4C)c3)cc2)NC1=O. The van der Waals surface area contributed by atoms with E-state index in [4.69, 9.17) is 9.73 Å². The van der Waals surface area contributed by atoms with Gasteiger partial charge in [0.2, 0.25) is 5.91 Å². The minimum Gasteiger partial charge on any atom is -0.378 e. The number of rotatable bonds is 7. The van der Waals surface area contributed by atoms with E-state index >= 15 is 0 Å². The van der Waals surface area contributed by atoms with Crippen LogP contribution in [0.1, 0.15) is 38.2 Å². The number of aliphatic imine (C=N–C) groups is 1. The van der Waals surface area contributed by atoms with Crippen molar-refractivity contribution in [1.29, 1.82) is 0 Å². The first-order valence-electron chi connectivity index (χ1n) is 13.1. The van der Waals surface area contributed by atoms with Crippen LogP contribution in [-0.4, -0.2) is 64.2 Å². The molecule has 2 aliphatic heterocycles. The highest BCUT2D eigenvalue weighted by molar-refractivity contribution is 6.15. The van der Waals surface area contributed by atoms with Crippen LogP contribution in [0.3, 0.4) is 0 Å². The summed E-state index contributed by atoms with van der Waals surface area (Å²) in [6, 6.07) is 14.4. The Kier molecular flexibility index (Phi) is 5.87. The molecule has 2 unspecified atom stereocenters. The monoisotopic (exact) mass is 499 g/mol. The quantitative estimate of drug-likeness (QED) is 0.539. The Hall–Kier alpha value is -3.52. The molecule has 1 saturated carbocycles. The Morgan fingerprint density at radius 2 is 1.86 bits per heavy atom. The minimum absolute atomic E-state index is 0.149. The molecule has 0 bridgehead atoms. The fourth-order valence-corrected chi connectivity index (χ4v) is 5.74. The smallest absolute Gasteiger partial charge is 0.255 e. The Morgan fingerprint density at radius 1 is 1.14 bits per heavy atom. The minimum atomic E-state index is -1.01. The molecule has 8 heteroatoms. The molecule has 3 heterocycles. The second-order valence-electron chi connectivity index (χ2n) is 10.9. The van der Waals surface area contributed by atoms with E-state index in [0.717, 1.165) is 59.9 Å². The summed E-state index contributed by atoms with van der Waals surface area (Å²) in [7, 11) is 3.58. The van der Waals surface area contributed by atoms with Crippen LogP contribution in [0.15, 0.2) is 53.7 Å². The number of aromatic nitrogens is 2. The lowest BCUT2D eigenvalue weighted by atomic mass is 9.87. The van der Waals surface area contributed by atoms with Crippen LogP contribution >= 0.6 is 0 Å². The topological polar surface area (TPSA) is 88.8 Å². The zero-order valence-corrected chi connectivity index (χ0v) is 21.6. The van der Waals surface area contributed by atoms with E-state index < -0.39 is 5.54 Å². The lowest BCUT2D eigenvalue weighted by Crippen LogP contribution is -2.48. The van der Waals surface area contributed by atoms with Crippen molar-refractivity contribution in [3.05, 3.63) is 54.2 Å². The third kappa shape index (κ3) is 4.33. The van der Waals surface area contributed by atoms with Crippen molar-refractivity contribution in [2.75, 3.05) is 20.2 Å². The number of carbonyl (C=O) groups is 2. The van der Waals surface area contributed by atoms with Crippen LogP contribution in [0.5, 0.6) is 0 Å². The predicted octanol–water partition coefficient (Wildman–Crippen LogP) is 3.54. The van der Waals surface area contributed by atoms with Crippen molar-refractivity contribution in [3.63, 3.8) is 0 Å². The van der Waals surface area contributed by atoms with Gasteiger partial charge in [-0.05, 0) is 61.8 Å². The van der Waals surface area contributed by atoms with E-state index in [1.165, 1.54) is 0 Å². The number of nitrogens with zero attached hydrogens (tertiary/aromatic N) is 4. The molecule has 1 N–H and O–H groups in total. The molecule has 3 aliphatic rings. The number of methoxy groups -OCH3 is 1. The van der Waals surface area contributed by atoms with Gasteiger partial charge in [-0.2, -0.15) is 5.10 Å². The maximum Gasteiger partial charge on any atom is 0.255 e. The zero-order chi connectivity index (χ0) is 25.7. The van der Waals surface area contributed by atoms with Gasteiger partial charge in [0.25, 0.3) is 5.91 Å². The first kappa shape index (κ1) is 23.9. The molecule has 3 atom stereocenters. The van der Waals surface area contributed by atoms with Crippen LogP contribution in [0.2, 0.25) is 0 Å². The maximum absolute atomic E-state index is 13.2. The van der Waals surface area contributed by atoms with E-state index in [9.17, 15) is 9.59 Å². The van der Waals surface area contributed by atoms with Gasteiger partial charge in [-0.3, -0.25) is 14.3 Å². The fourth-order valence-electron chi connectivity index (χ4n) is 5.74. The number of nitrogens with one attached hydrogen (secondary N) is 1. The molecule has 8 nitrogen and oxygen atoms in total. The maximum atomic E-state index is 13.2. The number of likely N-dealkylation sites (tertiary alicyclic amines) is 1. The summed E-state index contributed by atoms with van der Waals surface area (Å²) < 4.78 is 7.71. The van der Waals surface area contributed by atoms with Crippen LogP contribution < -0.4 is 5.32 Å². The number of ether oxygens (including phenoxy) is 1. The number of amides is 2. The molecule has 2 fully saturated rings. The van der Waals surface area contributed by atoms with Crippen molar-refractivity contribution >= 4 is 28.6 Å². The van der Waals surface area contributed by atoms with Crippen molar-refractivity contribution in [2.45, 2.75) is 44.2 Å². The average molecular weight is 500 g/mol. The number of carbonyl (C=O) groups excluding carboxylic acids is 2. The van der Waals surface area contributed by atoms with Crippen molar-refractivity contribution in [2.24, 2.45) is 23.9 Å². The molecule has 2 amide bonds. The van der Waals surface area contributed by atoms with Gasteiger partial charge in [0.05, 0.1) is 17.8 Å². The normalized spacial score (nSPS) is 24.4. The first-order chi connectivity index (χ1) is 17.9. The highest BCUT2D eigenvalue weighted by atomic mass is 16.5. The summed E-state index contributed by atoms with van der Waals surface area (Å²) in [5.74, 6) is 1.27. The highest BCUT2D eigenvalue weighted by Gasteiger charge is 2.48. The van der Waals surface area contributed by atoms with Gasteiger partial charge in [0.15, 0.2) is 5.54 Å². The first-order valence-corrected chi connectivity index (χ1v) is 13.1. The zero-order valence-electron chi connectivity index (χ0n) is 21.6. The van der Waals surface area contributed by atoms with Crippen molar-refractivity contribution in [1.82, 2.24) is 20.0 Å². The number of benzene rings is 2. The van der Waals surface area contributed by atoms with Crippen LogP contribution in [0.25, 0.3) is 22.0 Å². The molecule has 192 valence electrons. The molecule has 3 aromatic rings. The molecule has 1 saturated heterocycles. The molecular weight excluding hydrogens is 466 g/mol. The molecular formula is C29H33N5O3. The molecule has 2 aromatic carbocycles. The Morgan fingerprint density at radius 3 is 2.59 bits per heavy atom. The summed E-state index contributed by atoms with van der Waals surface area (Å²) in [4.78, 5) is 32.5. The summed E-state index contributed by atoms with van der Waals surface area (Å²) in [5, 5.41) is 8.41. The third-order valence-corrected chi connectivity index (χ3v) is 8.26. The fraction of sp³-hybridized carbons (Fsp3) is 0.448. The van der Waals surface area contributed by atoms with Crippen LogP contribution in [-0.2, 0) is 21.4 Å². The Bertz CT molecular complexity index is 1390. The van der Waals surface area contributed by atoms with Gasteiger partial charge in [-0.1, -0.05) is 30.3 Å². The molecule has 1 aromatic heterocycles.